The Bertz CT molecular complexity index is 1400. The lowest BCUT2D eigenvalue weighted by molar-refractivity contribution is -0.0385. The summed E-state index contributed by atoms with van der Waals surface area (Å²) in [5.74, 6) is -3.02. The Labute approximate surface area is 231 Å². The van der Waals surface area contributed by atoms with Crippen molar-refractivity contribution in [3.05, 3.63) is 86.5 Å². The highest BCUT2D eigenvalue weighted by atomic mass is 79.9. The predicted octanol–water partition coefficient (Wildman–Crippen LogP) is 5.00. The lowest BCUT2D eigenvalue weighted by Gasteiger charge is -2.23. The van der Waals surface area contributed by atoms with Gasteiger partial charge in [-0.25, -0.2) is 19.5 Å². The number of hydrogen-bond acceptors (Lipinski definition) is 7. The maximum Gasteiger partial charge on any atom is 0.409 e. The molecule has 3 aromatic rings. The second-order valence-electron chi connectivity index (χ2n) is 9.37. The van der Waals surface area contributed by atoms with E-state index in [0.717, 1.165) is 16.8 Å². The minimum Gasteiger partial charge on any atom is -0.444 e. The third-order valence-corrected chi connectivity index (χ3v) is 5.57. The summed E-state index contributed by atoms with van der Waals surface area (Å²) in [6.45, 7) is 6.66. The van der Waals surface area contributed by atoms with Crippen LogP contribution in [0.1, 0.15) is 50.0 Å². The van der Waals surface area contributed by atoms with E-state index in [-0.39, 0.29) is 24.2 Å². The summed E-state index contributed by atoms with van der Waals surface area (Å²) in [6, 6.07) is 7.28. The number of rotatable bonds is 9. The zero-order valence-electron chi connectivity index (χ0n) is 21.7. The number of ether oxygens (including phenoxy) is 1. The summed E-state index contributed by atoms with van der Waals surface area (Å²) in [5, 5.41) is 4.96. The maximum absolute atomic E-state index is 15.4. The Morgan fingerprint density at radius 3 is 2.56 bits per heavy atom. The van der Waals surface area contributed by atoms with Gasteiger partial charge in [0.2, 0.25) is 5.82 Å². The molecule has 0 aliphatic heterocycles. The van der Waals surface area contributed by atoms with Crippen molar-refractivity contribution >= 4 is 39.3 Å². The predicted molar refractivity (Wildman–Crippen MR) is 143 cm³/mol. The van der Waals surface area contributed by atoms with Crippen molar-refractivity contribution in [1.82, 2.24) is 20.3 Å². The number of alkyl carbamates (subject to hydrolysis) is 1. The number of hydroxylamine groups is 1. The second-order valence-corrected chi connectivity index (χ2v) is 10.3. The van der Waals surface area contributed by atoms with Crippen LogP contribution in [0.2, 0.25) is 0 Å². The number of benzene rings is 1. The lowest BCUT2D eigenvalue weighted by atomic mass is 10.1. The van der Waals surface area contributed by atoms with Crippen LogP contribution in [0, 0.1) is 11.6 Å². The molecule has 3 rings (SSSR count). The monoisotopic (exact) mass is 607 g/mol. The van der Waals surface area contributed by atoms with E-state index in [1.807, 2.05) is 0 Å². The molecule has 1 aromatic carbocycles. The second kappa shape index (κ2) is 12.8. The average molecular weight is 608 g/mol. The van der Waals surface area contributed by atoms with E-state index in [0.29, 0.717) is 10.0 Å². The lowest BCUT2D eigenvalue weighted by Crippen LogP contribution is -2.44. The number of amides is 2. The standard InChI is InChI=1S/C26H28BrF2N5O5/c1-5-20(32-25(37)38-26(2,3)4)39-33-23(35)17-14-34(13-15-7-6-10-30-12-15)24(36)21(29)22(17)31-19-9-8-16(27)11-18(19)28/h6-12,14,20,31H,5,13H2,1-4H3,(H,32,37)(H,33,35). The first-order valence-corrected chi connectivity index (χ1v) is 12.7. The van der Waals surface area contributed by atoms with Gasteiger partial charge in [0.15, 0.2) is 6.23 Å². The Morgan fingerprint density at radius 1 is 1.21 bits per heavy atom. The van der Waals surface area contributed by atoms with Crippen molar-refractivity contribution in [3.8, 4) is 0 Å². The third kappa shape index (κ3) is 8.32. The smallest absolute Gasteiger partial charge is 0.409 e. The number of anilines is 2. The molecular formula is C26H28BrF2N5O5. The molecule has 3 N–H and O–H groups in total. The molecule has 1 unspecified atom stereocenters. The Hall–Kier alpha value is -3.84. The molecule has 208 valence electrons. The van der Waals surface area contributed by atoms with Crippen LogP contribution in [0.4, 0.5) is 25.0 Å². The molecule has 0 saturated carbocycles. The Balaban J connectivity index is 1.93. The average Bonchev–Trinajstić information content (AvgIpc) is 2.86. The van der Waals surface area contributed by atoms with Gasteiger partial charge in [-0.3, -0.25) is 19.9 Å². The van der Waals surface area contributed by atoms with Crippen LogP contribution >= 0.6 is 15.9 Å². The molecule has 2 amide bonds. The quantitative estimate of drug-likeness (QED) is 0.231. The summed E-state index contributed by atoms with van der Waals surface area (Å²) >= 11 is 3.14. The molecule has 13 heteroatoms. The van der Waals surface area contributed by atoms with Crippen molar-refractivity contribution in [2.75, 3.05) is 5.32 Å². The van der Waals surface area contributed by atoms with Gasteiger partial charge in [-0.2, -0.15) is 4.39 Å². The number of aromatic nitrogens is 2. The van der Waals surface area contributed by atoms with Crippen LogP contribution in [-0.2, 0) is 16.1 Å². The van der Waals surface area contributed by atoms with Gasteiger partial charge in [0.1, 0.15) is 11.4 Å². The van der Waals surface area contributed by atoms with E-state index in [1.54, 1.807) is 39.8 Å². The van der Waals surface area contributed by atoms with Crippen LogP contribution in [0.3, 0.4) is 0 Å². The summed E-state index contributed by atoms with van der Waals surface area (Å²) in [4.78, 5) is 47.4. The Kier molecular flexibility index (Phi) is 9.76. The first-order valence-electron chi connectivity index (χ1n) is 11.9. The van der Waals surface area contributed by atoms with Gasteiger partial charge in [-0.1, -0.05) is 28.9 Å². The highest BCUT2D eigenvalue weighted by Gasteiger charge is 2.24. The highest BCUT2D eigenvalue weighted by molar-refractivity contribution is 9.10. The van der Waals surface area contributed by atoms with Gasteiger partial charge in [0.05, 0.1) is 23.5 Å². The number of pyridine rings is 2. The normalized spacial score (nSPS) is 12.0. The van der Waals surface area contributed by atoms with Gasteiger partial charge < -0.3 is 14.6 Å². The minimum atomic E-state index is -1.31. The molecule has 10 nitrogen and oxygen atoms in total. The van der Waals surface area contributed by atoms with Gasteiger partial charge in [0, 0.05) is 23.1 Å². The van der Waals surface area contributed by atoms with E-state index in [4.69, 9.17) is 9.57 Å². The molecular weight excluding hydrogens is 580 g/mol. The first kappa shape index (κ1) is 29.7. The summed E-state index contributed by atoms with van der Waals surface area (Å²) < 4.78 is 36.6. The van der Waals surface area contributed by atoms with Crippen LogP contribution in [0.25, 0.3) is 0 Å². The van der Waals surface area contributed by atoms with Gasteiger partial charge in [-0.15, -0.1) is 0 Å². The topological polar surface area (TPSA) is 124 Å². The van der Waals surface area contributed by atoms with Gasteiger partial charge >= 0.3 is 6.09 Å². The van der Waals surface area contributed by atoms with Crippen LogP contribution in [0.5, 0.6) is 0 Å². The van der Waals surface area contributed by atoms with Crippen LogP contribution in [0.15, 0.2) is 58.2 Å². The summed E-state index contributed by atoms with van der Waals surface area (Å²) in [5.41, 5.74) is -0.150. The van der Waals surface area contributed by atoms with E-state index < -0.39 is 46.7 Å². The molecule has 0 radical (unpaired) electrons. The largest absolute Gasteiger partial charge is 0.444 e. The molecule has 0 aliphatic carbocycles. The zero-order chi connectivity index (χ0) is 28.7. The number of nitrogens with zero attached hydrogens (tertiary/aromatic N) is 2. The van der Waals surface area contributed by atoms with E-state index in [9.17, 15) is 18.8 Å². The maximum atomic E-state index is 15.4. The molecule has 2 aromatic heterocycles. The zero-order valence-corrected chi connectivity index (χ0v) is 23.3. The van der Waals surface area contributed by atoms with Crippen LogP contribution < -0.4 is 21.7 Å². The fourth-order valence-corrected chi connectivity index (χ4v) is 3.62. The molecule has 0 spiro atoms. The fourth-order valence-electron chi connectivity index (χ4n) is 3.29. The number of nitrogens with one attached hydrogen (secondary N) is 3. The highest BCUT2D eigenvalue weighted by Crippen LogP contribution is 2.27. The molecule has 0 aliphatic rings. The van der Waals surface area contributed by atoms with E-state index >= 15 is 4.39 Å². The SMILES string of the molecule is CCC(NC(=O)OC(C)(C)C)ONC(=O)c1cn(Cc2cccnc2)c(=O)c(F)c1Nc1ccc(Br)cc1F. The molecule has 2 heterocycles. The van der Waals surface area contributed by atoms with E-state index in [2.05, 4.69) is 37.0 Å². The third-order valence-electron chi connectivity index (χ3n) is 5.08. The van der Waals surface area contributed by atoms with Gasteiger partial charge in [-0.05, 0) is 57.0 Å². The van der Waals surface area contributed by atoms with Crippen molar-refractivity contribution in [1.29, 1.82) is 0 Å². The summed E-state index contributed by atoms with van der Waals surface area (Å²) in [6.07, 6.45) is 2.63. The minimum absolute atomic E-state index is 0.0879. The first-order chi connectivity index (χ1) is 18.4. The van der Waals surface area contributed by atoms with E-state index in [1.165, 1.54) is 24.5 Å². The molecule has 0 bridgehead atoms. The Morgan fingerprint density at radius 2 is 1.95 bits per heavy atom. The number of halogens is 3. The van der Waals surface area contributed by atoms with Crippen molar-refractivity contribution in [2.24, 2.45) is 0 Å². The molecule has 0 saturated heterocycles. The fraction of sp³-hybridized carbons (Fsp3) is 0.308. The molecule has 1 atom stereocenters. The molecule has 39 heavy (non-hydrogen) atoms. The number of carbonyl (C=O) groups is 2. The summed E-state index contributed by atoms with van der Waals surface area (Å²) in [7, 11) is 0. The van der Waals surface area contributed by atoms with Crippen molar-refractivity contribution < 1.29 is 27.9 Å². The van der Waals surface area contributed by atoms with Gasteiger partial charge in [0.25, 0.3) is 11.5 Å². The molecule has 0 fully saturated rings. The van der Waals surface area contributed by atoms with Crippen molar-refractivity contribution in [3.63, 3.8) is 0 Å². The van der Waals surface area contributed by atoms with Crippen molar-refractivity contribution in [2.45, 2.75) is 52.5 Å². The number of hydrogen-bond donors (Lipinski definition) is 3. The van der Waals surface area contributed by atoms with Crippen LogP contribution in [-0.4, -0.2) is 33.4 Å². The number of carbonyl (C=O) groups excluding carboxylic acids is 2.